The van der Waals surface area contributed by atoms with E-state index in [0.29, 0.717) is 23.0 Å². The Labute approximate surface area is 374 Å². The molecule has 1 atom stereocenters. The highest BCUT2D eigenvalue weighted by Crippen LogP contribution is 2.45. The van der Waals surface area contributed by atoms with Gasteiger partial charge in [-0.25, -0.2) is 15.0 Å². The largest absolute Gasteiger partial charge is 0.208 e. The highest BCUT2D eigenvalue weighted by atomic mass is 15.0. The Kier molecular flexibility index (Phi) is 9.79. The lowest BCUT2D eigenvalue weighted by atomic mass is 9.77. The van der Waals surface area contributed by atoms with Crippen LogP contribution in [-0.2, 0) is 11.8 Å². The van der Waals surface area contributed by atoms with Crippen LogP contribution in [0.1, 0.15) is 35.6 Å². The zero-order valence-corrected chi connectivity index (χ0v) is 35.4. The first-order chi connectivity index (χ1) is 31.5. The summed E-state index contributed by atoms with van der Waals surface area (Å²) in [5.74, 6) is 1.77. The molecular formula is C60H42N4. The van der Waals surface area contributed by atoms with Crippen LogP contribution in [0.3, 0.4) is 0 Å². The Hall–Kier alpha value is -8.26. The highest BCUT2D eigenvalue weighted by Gasteiger charge is 2.25. The minimum atomic E-state index is -0.0153. The monoisotopic (exact) mass is 818 g/mol. The van der Waals surface area contributed by atoms with Gasteiger partial charge in [0.15, 0.2) is 17.5 Å². The van der Waals surface area contributed by atoms with Crippen LogP contribution in [0.25, 0.3) is 89.8 Å². The van der Waals surface area contributed by atoms with Gasteiger partial charge in [-0.15, -0.1) is 0 Å². The van der Waals surface area contributed by atoms with E-state index in [1.54, 1.807) is 0 Å². The molecule has 0 aliphatic heterocycles. The van der Waals surface area contributed by atoms with Crippen molar-refractivity contribution in [2.24, 2.45) is 0 Å². The fourth-order valence-electron chi connectivity index (χ4n) is 9.35. The van der Waals surface area contributed by atoms with E-state index in [2.05, 4.69) is 183 Å². The SMILES string of the molecule is CC1(c2ccc(-c3cccc(-c4nc(-c5cccc(-c6ccccc6C#N)c5)nc(-c5ccc6c(c5)Cc5cccc(-c7ccc(-c8ccccc8)cc7)c5-6)n4)c3)cc2)C=CC=CC1. The molecule has 0 amide bonds. The van der Waals surface area contributed by atoms with E-state index < -0.39 is 0 Å². The topological polar surface area (TPSA) is 62.5 Å². The molecular weight excluding hydrogens is 777 g/mol. The summed E-state index contributed by atoms with van der Waals surface area (Å²) in [7, 11) is 0. The minimum Gasteiger partial charge on any atom is -0.208 e. The van der Waals surface area contributed by atoms with Gasteiger partial charge in [0, 0.05) is 22.1 Å². The third-order valence-electron chi connectivity index (χ3n) is 12.8. The fraction of sp³-hybridized carbons (Fsp3) is 0.0667. The lowest BCUT2D eigenvalue weighted by Gasteiger charge is -2.27. The van der Waals surface area contributed by atoms with Crippen molar-refractivity contribution in [2.75, 3.05) is 0 Å². The normalized spacial score (nSPS) is 14.8. The molecule has 0 N–H and O–H groups in total. The molecule has 8 aromatic carbocycles. The third kappa shape index (κ3) is 7.23. The molecule has 4 nitrogen and oxygen atoms in total. The van der Waals surface area contributed by atoms with Crippen LogP contribution in [0.15, 0.2) is 212 Å². The number of hydrogen-bond acceptors (Lipinski definition) is 4. The maximum absolute atomic E-state index is 9.94. The van der Waals surface area contributed by atoms with Crippen LogP contribution in [0.5, 0.6) is 0 Å². The predicted molar refractivity (Wildman–Crippen MR) is 261 cm³/mol. The second-order valence-electron chi connectivity index (χ2n) is 16.9. The van der Waals surface area contributed by atoms with Gasteiger partial charge >= 0.3 is 0 Å². The highest BCUT2D eigenvalue weighted by molar-refractivity contribution is 5.92. The average Bonchev–Trinajstić information content (AvgIpc) is 3.75. The molecule has 0 radical (unpaired) electrons. The van der Waals surface area contributed by atoms with Crippen molar-refractivity contribution in [3.63, 3.8) is 0 Å². The van der Waals surface area contributed by atoms with Crippen molar-refractivity contribution in [3.05, 3.63) is 235 Å². The Morgan fingerprint density at radius 2 is 0.984 bits per heavy atom. The van der Waals surface area contributed by atoms with Crippen molar-refractivity contribution >= 4 is 0 Å². The van der Waals surface area contributed by atoms with E-state index in [4.69, 9.17) is 15.0 Å². The van der Waals surface area contributed by atoms with Gasteiger partial charge in [-0.05, 0) is 109 Å². The molecule has 0 saturated carbocycles. The smallest absolute Gasteiger partial charge is 0.164 e. The summed E-state index contributed by atoms with van der Waals surface area (Å²) in [5.41, 5.74) is 18.5. The van der Waals surface area contributed by atoms with Gasteiger partial charge in [0.05, 0.1) is 11.6 Å². The van der Waals surface area contributed by atoms with Crippen LogP contribution in [0.2, 0.25) is 0 Å². The molecule has 0 bridgehead atoms. The number of aromatic nitrogens is 3. The first-order valence-corrected chi connectivity index (χ1v) is 21.8. The number of nitriles is 1. The molecule has 302 valence electrons. The first-order valence-electron chi connectivity index (χ1n) is 21.8. The van der Waals surface area contributed by atoms with E-state index in [9.17, 15) is 5.26 Å². The van der Waals surface area contributed by atoms with Crippen LogP contribution in [-0.4, -0.2) is 15.0 Å². The van der Waals surface area contributed by atoms with E-state index in [1.165, 1.54) is 50.1 Å². The summed E-state index contributed by atoms with van der Waals surface area (Å²) in [6.45, 7) is 2.29. The summed E-state index contributed by atoms with van der Waals surface area (Å²) in [6.07, 6.45) is 10.6. The van der Waals surface area contributed by atoms with Crippen LogP contribution in [0.4, 0.5) is 0 Å². The van der Waals surface area contributed by atoms with Gasteiger partial charge in [0.2, 0.25) is 0 Å². The van der Waals surface area contributed by atoms with Crippen LogP contribution in [0, 0.1) is 11.3 Å². The maximum atomic E-state index is 9.94. The van der Waals surface area contributed by atoms with Crippen molar-refractivity contribution in [1.29, 1.82) is 5.26 Å². The average molecular weight is 819 g/mol. The number of rotatable bonds is 8. The zero-order valence-electron chi connectivity index (χ0n) is 35.4. The van der Waals surface area contributed by atoms with Gasteiger partial charge in [0.25, 0.3) is 0 Å². The molecule has 11 rings (SSSR count). The summed E-state index contributed by atoms with van der Waals surface area (Å²) in [6, 6.07) is 68.3. The molecule has 1 aromatic heterocycles. The Bertz CT molecular complexity index is 3340. The number of fused-ring (bicyclic) bond motifs is 3. The van der Waals surface area contributed by atoms with E-state index in [0.717, 1.165) is 51.8 Å². The number of benzene rings is 8. The molecule has 2 aliphatic carbocycles. The number of allylic oxidation sites excluding steroid dienone is 4. The van der Waals surface area contributed by atoms with Gasteiger partial charge in [-0.3, -0.25) is 0 Å². The van der Waals surface area contributed by atoms with E-state index >= 15 is 0 Å². The first kappa shape index (κ1) is 38.6. The fourth-order valence-corrected chi connectivity index (χ4v) is 9.35. The van der Waals surface area contributed by atoms with Crippen molar-refractivity contribution < 1.29 is 0 Å². The molecule has 9 aromatic rings. The Balaban J connectivity index is 0.985. The Morgan fingerprint density at radius 3 is 1.70 bits per heavy atom. The van der Waals surface area contributed by atoms with Crippen molar-refractivity contribution in [1.82, 2.24) is 15.0 Å². The molecule has 4 heteroatoms. The molecule has 64 heavy (non-hydrogen) atoms. The molecule has 1 heterocycles. The van der Waals surface area contributed by atoms with E-state index in [1.807, 2.05) is 42.5 Å². The summed E-state index contributed by atoms with van der Waals surface area (Å²) in [5, 5.41) is 9.94. The molecule has 0 saturated heterocycles. The van der Waals surface area contributed by atoms with Crippen molar-refractivity contribution in [2.45, 2.75) is 25.2 Å². The van der Waals surface area contributed by atoms with Gasteiger partial charge in [0.1, 0.15) is 0 Å². The summed E-state index contributed by atoms with van der Waals surface area (Å²) < 4.78 is 0. The third-order valence-corrected chi connectivity index (χ3v) is 12.8. The predicted octanol–water partition coefficient (Wildman–Crippen LogP) is 14.8. The minimum absolute atomic E-state index is 0.0153. The van der Waals surface area contributed by atoms with Gasteiger partial charge in [-0.1, -0.05) is 195 Å². The molecule has 0 spiro atoms. The summed E-state index contributed by atoms with van der Waals surface area (Å²) in [4.78, 5) is 15.6. The van der Waals surface area contributed by atoms with Gasteiger partial charge < -0.3 is 0 Å². The van der Waals surface area contributed by atoms with E-state index in [-0.39, 0.29) is 5.41 Å². The molecule has 2 aliphatic rings. The van der Waals surface area contributed by atoms with Crippen LogP contribution < -0.4 is 0 Å². The second kappa shape index (κ2) is 16.2. The Morgan fingerprint density at radius 1 is 0.438 bits per heavy atom. The maximum Gasteiger partial charge on any atom is 0.164 e. The quantitative estimate of drug-likeness (QED) is 0.153. The van der Waals surface area contributed by atoms with Crippen molar-refractivity contribution in [3.8, 4) is 95.9 Å². The van der Waals surface area contributed by atoms with Gasteiger partial charge in [-0.2, -0.15) is 5.26 Å². The molecule has 1 unspecified atom stereocenters. The number of nitrogens with zero attached hydrogens (tertiary/aromatic N) is 4. The number of hydrogen-bond donors (Lipinski definition) is 0. The lowest BCUT2D eigenvalue weighted by Crippen LogP contribution is -2.19. The zero-order chi connectivity index (χ0) is 43.0. The molecule has 0 fully saturated rings. The summed E-state index contributed by atoms with van der Waals surface area (Å²) >= 11 is 0. The standard InChI is InChI=1S/C60H42N4/c1-60(33-8-3-9-34-60)52-30-27-42(28-31-52)44-16-10-19-47(35-44)57-62-58(48-20-11-17-45(36-48)53-21-7-6-15-50(53)39-61)64-59(63-57)49-29-32-55-51(38-49)37-46-18-12-22-54(56(46)55)43-25-23-41(24-26-43)40-13-4-2-5-14-40/h2-33,35-36,38H,34,37H2,1H3. The lowest BCUT2D eigenvalue weighted by molar-refractivity contribution is 0.600. The second-order valence-corrected chi connectivity index (χ2v) is 16.9. The van der Waals surface area contributed by atoms with Crippen LogP contribution >= 0.6 is 0 Å².